The van der Waals surface area contributed by atoms with Crippen LogP contribution in [0.5, 0.6) is 0 Å². The van der Waals surface area contributed by atoms with E-state index in [1.807, 2.05) is 0 Å². The van der Waals surface area contributed by atoms with E-state index in [-0.39, 0.29) is 38.1 Å². The average Bonchev–Trinajstić information content (AvgIpc) is 3.98. The van der Waals surface area contributed by atoms with Gasteiger partial charge in [-0.25, -0.2) is 14.8 Å². The fourth-order valence-electron chi connectivity index (χ4n) is 6.57. The number of hydrogen-bond donors (Lipinski definition) is 11. The molecule has 2 aromatic rings. The Kier molecular flexibility index (Phi) is 17.9. The van der Waals surface area contributed by atoms with Gasteiger partial charge in [-0.05, 0) is 38.0 Å². The molecule has 1 aliphatic heterocycles. The highest BCUT2D eigenvalue weighted by Gasteiger charge is 2.39. The molecule has 7 amide bonds. The predicted octanol–water partition coefficient (Wildman–Crippen LogP) is -2.91. The first kappa shape index (κ1) is 47.5. The largest absolute Gasteiger partial charge is 0.480 e. The minimum Gasteiger partial charge on any atom is -0.480 e. The number of aliphatic carboxylic acids is 1. The van der Waals surface area contributed by atoms with Crippen LogP contribution in [0.25, 0.3) is 0 Å². The van der Waals surface area contributed by atoms with Crippen molar-refractivity contribution in [1.82, 2.24) is 51.4 Å². The molecule has 0 spiro atoms. The number of imidazole rings is 2. The van der Waals surface area contributed by atoms with Crippen LogP contribution in [0, 0.1) is 11.8 Å². The molecule has 3 heterocycles. The molecule has 2 aromatic heterocycles. The molecule has 1 saturated heterocycles. The van der Waals surface area contributed by atoms with Crippen molar-refractivity contribution in [3.05, 3.63) is 36.4 Å². The normalized spacial score (nSPS) is 18.0. The number of carbonyl (C=O) groups is 8. The molecule has 0 aliphatic carbocycles. The van der Waals surface area contributed by atoms with Crippen LogP contribution >= 0.6 is 0 Å². The number of primary amides is 1. The van der Waals surface area contributed by atoms with E-state index in [4.69, 9.17) is 11.5 Å². The number of carboxylic acids is 1. The van der Waals surface area contributed by atoms with Gasteiger partial charge in [0.15, 0.2) is 0 Å². The summed E-state index contributed by atoms with van der Waals surface area (Å²) in [5, 5.41) is 32.8. The zero-order valence-corrected chi connectivity index (χ0v) is 33.9. The Morgan fingerprint density at radius 2 is 1.37 bits per heavy atom. The third kappa shape index (κ3) is 14.2. The summed E-state index contributed by atoms with van der Waals surface area (Å²) in [7, 11) is 0. The number of hydrogen-bond acceptors (Lipinski definition) is 12. The Morgan fingerprint density at radius 1 is 0.814 bits per heavy atom. The van der Waals surface area contributed by atoms with Crippen molar-refractivity contribution in [3.63, 3.8) is 0 Å². The Morgan fingerprint density at radius 3 is 1.90 bits per heavy atom. The number of carbonyl (C=O) groups excluding carboxylic acids is 7. The lowest BCUT2D eigenvalue weighted by atomic mass is 9.97. The van der Waals surface area contributed by atoms with E-state index in [2.05, 4.69) is 46.5 Å². The molecule has 0 radical (unpaired) electrons. The molecule has 1 fully saturated rings. The average molecular weight is 831 g/mol. The first-order valence-corrected chi connectivity index (χ1v) is 19.5. The van der Waals surface area contributed by atoms with Gasteiger partial charge >= 0.3 is 5.97 Å². The summed E-state index contributed by atoms with van der Waals surface area (Å²) in [5.41, 5.74) is 12.6. The molecule has 13 N–H and O–H groups in total. The van der Waals surface area contributed by atoms with Crippen molar-refractivity contribution < 1.29 is 48.6 Å². The van der Waals surface area contributed by atoms with Gasteiger partial charge in [0.2, 0.25) is 41.4 Å². The number of H-pyrrole nitrogens is 2. The number of aliphatic hydroxyl groups excluding tert-OH is 1. The van der Waals surface area contributed by atoms with Gasteiger partial charge < -0.3 is 63.1 Å². The lowest BCUT2D eigenvalue weighted by molar-refractivity contribution is -0.144. The number of amides is 7. The summed E-state index contributed by atoms with van der Waals surface area (Å²) in [4.78, 5) is 120. The molecule has 22 heteroatoms. The summed E-state index contributed by atoms with van der Waals surface area (Å²) in [6.45, 7) is 8.43. The van der Waals surface area contributed by atoms with Crippen LogP contribution in [-0.4, -0.2) is 137 Å². The van der Waals surface area contributed by atoms with Crippen LogP contribution in [0.15, 0.2) is 25.0 Å². The van der Waals surface area contributed by atoms with E-state index in [0.717, 1.165) is 0 Å². The summed E-state index contributed by atoms with van der Waals surface area (Å²) in [5.74, 6) is -7.81. The third-order valence-corrected chi connectivity index (χ3v) is 9.98. The zero-order valence-electron chi connectivity index (χ0n) is 33.9. The quantitative estimate of drug-likeness (QED) is 0.0536. The van der Waals surface area contributed by atoms with Gasteiger partial charge in [-0.15, -0.1) is 0 Å². The molecule has 326 valence electrons. The van der Waals surface area contributed by atoms with E-state index in [0.29, 0.717) is 24.2 Å². The molecule has 0 aromatic carbocycles. The zero-order chi connectivity index (χ0) is 44.0. The monoisotopic (exact) mass is 830 g/mol. The van der Waals surface area contributed by atoms with Gasteiger partial charge in [0.05, 0.1) is 31.2 Å². The van der Waals surface area contributed by atoms with Crippen molar-refractivity contribution in [2.24, 2.45) is 23.3 Å². The highest BCUT2D eigenvalue weighted by Crippen LogP contribution is 2.20. The highest BCUT2D eigenvalue weighted by atomic mass is 16.4. The summed E-state index contributed by atoms with van der Waals surface area (Å²) in [6.07, 6.45) is 4.57. The van der Waals surface area contributed by atoms with Crippen molar-refractivity contribution in [2.45, 2.75) is 128 Å². The molecule has 0 bridgehead atoms. The van der Waals surface area contributed by atoms with Gasteiger partial charge in [0.1, 0.15) is 36.3 Å². The lowest BCUT2D eigenvalue weighted by Crippen LogP contribution is -2.62. The first-order valence-electron chi connectivity index (χ1n) is 19.5. The van der Waals surface area contributed by atoms with Crippen molar-refractivity contribution >= 4 is 47.3 Å². The van der Waals surface area contributed by atoms with E-state index in [1.54, 1.807) is 27.7 Å². The van der Waals surface area contributed by atoms with Gasteiger partial charge in [-0.3, -0.25) is 33.6 Å². The number of likely N-dealkylation sites (tertiary alicyclic amines) is 1. The first-order chi connectivity index (χ1) is 27.8. The van der Waals surface area contributed by atoms with Crippen LogP contribution in [0.1, 0.15) is 78.1 Å². The van der Waals surface area contributed by atoms with Crippen LogP contribution < -0.4 is 38.1 Å². The number of rotatable bonds is 23. The van der Waals surface area contributed by atoms with E-state index in [1.165, 1.54) is 36.9 Å². The Bertz CT molecular complexity index is 1750. The molecule has 22 nitrogen and oxygen atoms in total. The Hall–Kier alpha value is -5.90. The molecule has 59 heavy (non-hydrogen) atoms. The summed E-state index contributed by atoms with van der Waals surface area (Å²) < 4.78 is 0. The van der Waals surface area contributed by atoms with Crippen molar-refractivity contribution in [3.8, 4) is 0 Å². The van der Waals surface area contributed by atoms with E-state index < -0.39 is 108 Å². The fourth-order valence-corrected chi connectivity index (χ4v) is 6.57. The van der Waals surface area contributed by atoms with Crippen LogP contribution in [0.4, 0.5) is 0 Å². The van der Waals surface area contributed by atoms with Crippen molar-refractivity contribution in [2.75, 3.05) is 6.54 Å². The minimum atomic E-state index is -1.75. The Labute approximate surface area is 341 Å². The van der Waals surface area contributed by atoms with Gasteiger partial charge in [-0.1, -0.05) is 34.1 Å². The second kappa shape index (κ2) is 22.3. The molecular formula is C37H58N12O10. The maximum absolute atomic E-state index is 13.9. The highest BCUT2D eigenvalue weighted by molar-refractivity contribution is 5.98. The standard InChI is InChI=1S/C37H58N12O10/c1-6-19(4)29(37(58)59)47-32(53)24(10-18(2)3)44-31(52)25(12-22-15-41-17-43-22)46-35(56)30(20(5)50)48-33(54)26(13-28(39)51)45-34(55)27-8-7-9-49(27)36(57)23(38)11-21-14-40-16-42-21/h14-20,23-27,29-30,50H,6-13,38H2,1-5H3,(H2,39,51)(H,40,42)(H,41,43)(H,44,52)(H,45,55)(H,46,56)(H,47,53)(H,48,54)(H,58,59)/t19-,20+,23-,24-,25-,26-,27-,29-,30-/m0/s1. The fraction of sp³-hybridized carbons (Fsp3) is 0.622. The van der Waals surface area contributed by atoms with E-state index >= 15 is 0 Å². The number of nitrogens with two attached hydrogens (primary N) is 2. The third-order valence-electron chi connectivity index (χ3n) is 9.98. The molecule has 9 atom stereocenters. The maximum atomic E-state index is 13.9. The summed E-state index contributed by atoms with van der Waals surface area (Å²) >= 11 is 0. The van der Waals surface area contributed by atoms with Crippen LogP contribution in [0.3, 0.4) is 0 Å². The number of aliphatic hydroxyl groups is 1. The molecule has 0 unspecified atom stereocenters. The molecular weight excluding hydrogens is 772 g/mol. The predicted molar refractivity (Wildman–Crippen MR) is 209 cm³/mol. The summed E-state index contributed by atoms with van der Waals surface area (Å²) in [6, 6.07) is -9.31. The van der Waals surface area contributed by atoms with Gasteiger partial charge in [-0.2, -0.15) is 0 Å². The van der Waals surface area contributed by atoms with Crippen molar-refractivity contribution in [1.29, 1.82) is 0 Å². The number of nitrogens with zero attached hydrogens (tertiary/aromatic N) is 3. The van der Waals surface area contributed by atoms with Crippen LogP contribution in [0.2, 0.25) is 0 Å². The second-order valence-corrected chi connectivity index (χ2v) is 15.3. The molecule has 0 saturated carbocycles. The van der Waals surface area contributed by atoms with Crippen LogP contribution in [-0.2, 0) is 51.2 Å². The minimum absolute atomic E-state index is 0.110. The van der Waals surface area contributed by atoms with E-state index in [9.17, 15) is 48.6 Å². The number of aromatic nitrogens is 4. The lowest BCUT2D eigenvalue weighted by Gasteiger charge is -2.29. The maximum Gasteiger partial charge on any atom is 0.326 e. The smallest absolute Gasteiger partial charge is 0.326 e. The second-order valence-electron chi connectivity index (χ2n) is 15.3. The Balaban J connectivity index is 1.78. The number of aromatic amines is 2. The topological polar surface area (TPSA) is 350 Å². The molecule has 1 aliphatic rings. The van der Waals surface area contributed by atoms with Gasteiger partial charge in [0, 0.05) is 43.2 Å². The number of carboxylic acid groups (broad SMARTS) is 1. The molecule has 3 rings (SSSR count). The van der Waals surface area contributed by atoms with Gasteiger partial charge in [0.25, 0.3) is 0 Å². The number of nitrogens with one attached hydrogen (secondary N) is 7. The SMILES string of the molecule is CC[C@H](C)[C@H](NC(=O)[C@H](CC(C)C)NC(=O)[C@H](Cc1cnc[nH]1)NC(=O)[C@@H](NC(=O)[C@H](CC(N)=O)NC(=O)[C@@H]1CCCN1C(=O)[C@@H](N)Cc1cnc[nH]1)[C@@H](C)O)C(=O)O.